The zero-order valence-corrected chi connectivity index (χ0v) is 24.7. The molecule has 1 aromatic heterocycles. The molecule has 43 heavy (non-hydrogen) atoms. The molecular formula is C36H34N2O5. The lowest BCUT2D eigenvalue weighted by Crippen LogP contribution is -2.31. The molecule has 1 atom stereocenters. The molecule has 0 bridgehead atoms. The number of nitrogens with zero attached hydrogens (tertiary/aromatic N) is 1. The molecule has 0 saturated carbocycles. The van der Waals surface area contributed by atoms with Crippen LogP contribution in [0.5, 0.6) is 23.0 Å². The van der Waals surface area contributed by atoms with Crippen molar-refractivity contribution in [2.75, 3.05) is 7.11 Å². The number of ether oxygens (including phenoxy) is 3. The van der Waals surface area contributed by atoms with E-state index in [-0.39, 0.29) is 17.5 Å². The molecule has 218 valence electrons. The van der Waals surface area contributed by atoms with E-state index in [1.54, 1.807) is 24.4 Å². The van der Waals surface area contributed by atoms with Crippen LogP contribution in [0.1, 0.15) is 54.8 Å². The molecule has 0 radical (unpaired) electrons. The third-order valence-electron chi connectivity index (χ3n) is 7.05. The minimum absolute atomic E-state index is 0.0410. The van der Waals surface area contributed by atoms with Crippen molar-refractivity contribution in [1.82, 2.24) is 10.3 Å². The van der Waals surface area contributed by atoms with Gasteiger partial charge in [0, 0.05) is 11.6 Å². The number of hydrogen-bond donors (Lipinski definition) is 1. The number of methoxy groups -OCH3 is 1. The smallest absolute Gasteiger partial charge is 0.307 e. The van der Waals surface area contributed by atoms with Crippen LogP contribution >= 0.6 is 0 Å². The van der Waals surface area contributed by atoms with Crippen LogP contribution in [-0.4, -0.2) is 24.0 Å². The first-order chi connectivity index (χ1) is 20.7. The Labute approximate surface area is 251 Å². The number of carbonyl (C=O) groups is 2. The highest BCUT2D eigenvalue weighted by Gasteiger charge is 2.21. The Morgan fingerprint density at radius 1 is 0.744 bits per heavy atom. The number of nitrogens with one attached hydrogen (secondary N) is 1. The van der Waals surface area contributed by atoms with Crippen LogP contribution in [0, 0.1) is 0 Å². The predicted molar refractivity (Wildman–Crippen MR) is 167 cm³/mol. The van der Waals surface area contributed by atoms with Crippen LogP contribution < -0.4 is 14.8 Å². The molecule has 1 unspecified atom stereocenters. The normalized spacial score (nSPS) is 11.9. The number of hydrogen-bond acceptors (Lipinski definition) is 6. The topological polar surface area (TPSA) is 86.8 Å². The van der Waals surface area contributed by atoms with Crippen LogP contribution in [0.15, 0.2) is 109 Å². The van der Waals surface area contributed by atoms with Gasteiger partial charge in [0.15, 0.2) is 0 Å². The molecule has 0 spiro atoms. The molecule has 0 aliphatic rings. The van der Waals surface area contributed by atoms with Gasteiger partial charge in [0.1, 0.15) is 28.7 Å². The molecule has 1 amide bonds. The monoisotopic (exact) mass is 574 g/mol. The lowest BCUT2D eigenvalue weighted by atomic mass is 9.87. The molecule has 1 N–H and O–H groups in total. The van der Waals surface area contributed by atoms with Crippen LogP contribution in [-0.2, 0) is 14.9 Å². The molecule has 4 aromatic carbocycles. The maximum atomic E-state index is 13.4. The van der Waals surface area contributed by atoms with E-state index in [4.69, 9.17) is 14.2 Å². The van der Waals surface area contributed by atoms with Crippen molar-refractivity contribution in [3.63, 3.8) is 0 Å². The van der Waals surface area contributed by atoms with Crippen molar-refractivity contribution in [1.29, 1.82) is 0 Å². The number of para-hydroxylation sites is 1. The second-order valence-corrected chi connectivity index (χ2v) is 11.2. The largest absolute Gasteiger partial charge is 0.469 e. The van der Waals surface area contributed by atoms with Crippen molar-refractivity contribution in [3.8, 4) is 23.0 Å². The predicted octanol–water partition coefficient (Wildman–Crippen LogP) is 8.15. The highest BCUT2D eigenvalue weighted by molar-refractivity contribution is 5.97. The molecule has 5 rings (SSSR count). The van der Waals surface area contributed by atoms with Gasteiger partial charge in [-0.25, -0.2) is 0 Å². The van der Waals surface area contributed by atoms with Crippen molar-refractivity contribution in [3.05, 3.63) is 126 Å². The summed E-state index contributed by atoms with van der Waals surface area (Å²) in [4.78, 5) is 30.0. The van der Waals surface area contributed by atoms with E-state index in [2.05, 4.69) is 43.2 Å². The van der Waals surface area contributed by atoms with Crippen molar-refractivity contribution < 1.29 is 23.8 Å². The Balaban J connectivity index is 1.32. The third kappa shape index (κ3) is 7.57. The average Bonchev–Trinajstić information content (AvgIpc) is 3.01. The number of carbonyl (C=O) groups excluding carboxylic acids is 2. The number of rotatable bonds is 9. The first-order valence-corrected chi connectivity index (χ1v) is 14.1. The molecule has 0 aliphatic carbocycles. The zero-order chi connectivity index (χ0) is 30.4. The summed E-state index contributed by atoms with van der Waals surface area (Å²) in [5.41, 5.74) is 2.23. The Kier molecular flexibility index (Phi) is 8.71. The maximum Gasteiger partial charge on any atom is 0.307 e. The molecule has 7 nitrogen and oxygen atoms in total. The lowest BCUT2D eigenvalue weighted by molar-refractivity contribution is -0.141. The molecule has 0 saturated heterocycles. The van der Waals surface area contributed by atoms with Crippen LogP contribution in [0.4, 0.5) is 0 Å². The Morgan fingerprint density at radius 2 is 1.35 bits per heavy atom. The fourth-order valence-electron chi connectivity index (χ4n) is 4.59. The number of aromatic nitrogens is 1. The summed E-state index contributed by atoms with van der Waals surface area (Å²) >= 11 is 0. The Bertz CT molecular complexity index is 1710. The fourth-order valence-corrected chi connectivity index (χ4v) is 4.59. The zero-order valence-electron chi connectivity index (χ0n) is 24.7. The maximum absolute atomic E-state index is 13.4. The van der Waals surface area contributed by atoms with E-state index in [1.165, 1.54) is 12.7 Å². The lowest BCUT2D eigenvalue weighted by Gasteiger charge is -2.19. The van der Waals surface area contributed by atoms with E-state index in [9.17, 15) is 9.59 Å². The van der Waals surface area contributed by atoms with Gasteiger partial charge in [0.05, 0.1) is 19.6 Å². The standard InChI is InChI=1S/C36H34N2O5/c1-36(2,3)27-13-18-30(19-14-27)43-31-17-12-25-23-37-33(21-26(25)20-31)35(40)38-32(22-34(39)41-4)24-10-15-29(16-11-24)42-28-8-6-5-7-9-28/h5-21,23,32H,22H2,1-4H3,(H,38,40). The SMILES string of the molecule is COC(=O)CC(NC(=O)c1cc2cc(Oc3ccc(C(C)(C)C)cc3)ccc2cn1)c1ccc(Oc2ccccc2)cc1. The Hall–Kier alpha value is -5.17. The minimum Gasteiger partial charge on any atom is -0.469 e. The van der Waals surface area contributed by atoms with E-state index in [0.29, 0.717) is 17.2 Å². The van der Waals surface area contributed by atoms with Gasteiger partial charge in [-0.15, -0.1) is 0 Å². The van der Waals surface area contributed by atoms with Gasteiger partial charge in [0.25, 0.3) is 5.91 Å². The summed E-state index contributed by atoms with van der Waals surface area (Å²) < 4.78 is 16.9. The van der Waals surface area contributed by atoms with Gasteiger partial charge in [-0.05, 0) is 82.6 Å². The molecule has 5 aromatic rings. The van der Waals surface area contributed by atoms with Gasteiger partial charge in [-0.2, -0.15) is 0 Å². The number of pyridine rings is 1. The van der Waals surface area contributed by atoms with Crippen molar-refractivity contribution in [2.45, 2.75) is 38.6 Å². The first-order valence-electron chi connectivity index (χ1n) is 14.1. The van der Waals surface area contributed by atoms with E-state index >= 15 is 0 Å². The summed E-state index contributed by atoms with van der Waals surface area (Å²) in [5.74, 6) is 1.87. The van der Waals surface area contributed by atoms with Crippen molar-refractivity contribution in [2.24, 2.45) is 0 Å². The summed E-state index contributed by atoms with van der Waals surface area (Å²) in [6.07, 6.45) is 1.61. The molecule has 7 heteroatoms. The fraction of sp³-hybridized carbons (Fsp3) is 0.194. The number of benzene rings is 4. The van der Waals surface area contributed by atoms with Gasteiger partial charge in [0.2, 0.25) is 0 Å². The quantitative estimate of drug-likeness (QED) is 0.179. The van der Waals surface area contributed by atoms with E-state index in [1.807, 2.05) is 72.8 Å². The average molecular weight is 575 g/mol. The van der Waals surface area contributed by atoms with Gasteiger partial charge in [-0.3, -0.25) is 14.6 Å². The van der Waals surface area contributed by atoms with Gasteiger partial charge < -0.3 is 19.5 Å². The van der Waals surface area contributed by atoms with E-state index < -0.39 is 17.9 Å². The number of fused-ring (bicyclic) bond motifs is 1. The first kappa shape index (κ1) is 29.3. The van der Waals surface area contributed by atoms with Crippen LogP contribution in [0.25, 0.3) is 10.8 Å². The second kappa shape index (κ2) is 12.8. The van der Waals surface area contributed by atoms with Crippen molar-refractivity contribution >= 4 is 22.6 Å². The minimum atomic E-state index is -0.631. The molecule has 0 aliphatic heterocycles. The van der Waals surface area contributed by atoms with Crippen LogP contribution in [0.3, 0.4) is 0 Å². The molecule has 0 fully saturated rings. The molecular weight excluding hydrogens is 540 g/mol. The number of amides is 1. The van der Waals surface area contributed by atoms with Gasteiger partial charge in [-0.1, -0.05) is 63.2 Å². The highest BCUT2D eigenvalue weighted by Crippen LogP contribution is 2.29. The van der Waals surface area contributed by atoms with Gasteiger partial charge >= 0.3 is 5.97 Å². The number of esters is 1. The second-order valence-electron chi connectivity index (χ2n) is 11.2. The summed E-state index contributed by atoms with van der Waals surface area (Å²) in [5, 5.41) is 4.62. The highest BCUT2D eigenvalue weighted by atomic mass is 16.5. The van der Waals surface area contributed by atoms with Crippen LogP contribution in [0.2, 0.25) is 0 Å². The summed E-state index contributed by atoms with van der Waals surface area (Å²) in [6.45, 7) is 6.51. The van der Waals surface area contributed by atoms with E-state index in [0.717, 1.165) is 22.1 Å². The summed E-state index contributed by atoms with van der Waals surface area (Å²) in [7, 11) is 1.32. The Morgan fingerprint density at radius 3 is 2.00 bits per heavy atom. The molecule has 1 heterocycles. The third-order valence-corrected chi connectivity index (χ3v) is 7.05. The summed E-state index contributed by atoms with van der Waals surface area (Å²) in [6, 6.07) is 31.5.